The van der Waals surface area contributed by atoms with Crippen LogP contribution in [0, 0.1) is 17.3 Å². The summed E-state index contributed by atoms with van der Waals surface area (Å²) >= 11 is 0. The zero-order valence-corrected chi connectivity index (χ0v) is 14.4. The van der Waals surface area contributed by atoms with Crippen LogP contribution in [0.1, 0.15) is 24.8 Å². The molecule has 2 aliphatic carbocycles. The van der Waals surface area contributed by atoms with E-state index in [1.54, 1.807) is 6.08 Å². The molecule has 0 unspecified atom stereocenters. The second kappa shape index (κ2) is 5.63. The maximum atomic E-state index is 13.2. The minimum atomic E-state index is -0.934. The van der Waals surface area contributed by atoms with E-state index in [0.29, 0.717) is 23.7 Å². The quantitative estimate of drug-likeness (QED) is 0.853. The molecule has 5 heteroatoms. The Balaban J connectivity index is 1.83. The first-order valence-corrected chi connectivity index (χ1v) is 8.53. The highest BCUT2D eigenvalue weighted by Gasteiger charge is 2.62. The van der Waals surface area contributed by atoms with Gasteiger partial charge in [-0.2, -0.15) is 0 Å². The van der Waals surface area contributed by atoms with Crippen LogP contribution in [0.15, 0.2) is 42.7 Å². The lowest BCUT2D eigenvalue weighted by Crippen LogP contribution is -2.40. The van der Waals surface area contributed by atoms with Crippen LogP contribution >= 0.6 is 0 Å². The number of fused-ring (bicyclic) bond motifs is 3. The zero-order valence-electron chi connectivity index (χ0n) is 14.4. The summed E-state index contributed by atoms with van der Waals surface area (Å²) < 4.78 is 16.3. The molecule has 1 heterocycles. The monoisotopic (exact) mass is 342 g/mol. The molecule has 0 saturated heterocycles. The number of carbonyl (C=O) groups excluding carboxylic acids is 1. The molecule has 5 atom stereocenters. The van der Waals surface area contributed by atoms with Gasteiger partial charge in [0.05, 0.1) is 18.4 Å². The van der Waals surface area contributed by atoms with Gasteiger partial charge in [-0.25, -0.2) is 0 Å². The van der Waals surface area contributed by atoms with E-state index in [-0.39, 0.29) is 24.4 Å². The number of allylic oxidation sites excluding steroid dienone is 2. The van der Waals surface area contributed by atoms with Gasteiger partial charge in [-0.15, -0.1) is 6.58 Å². The molecule has 25 heavy (non-hydrogen) atoms. The molecule has 1 aromatic carbocycles. The highest BCUT2D eigenvalue weighted by Crippen LogP contribution is 2.60. The fraction of sp³-hybridized carbons (Fsp3) is 0.450. The van der Waals surface area contributed by atoms with Crippen molar-refractivity contribution in [1.82, 2.24) is 0 Å². The van der Waals surface area contributed by atoms with Crippen LogP contribution in [0.2, 0.25) is 0 Å². The Morgan fingerprint density at radius 2 is 2.12 bits per heavy atom. The van der Waals surface area contributed by atoms with Gasteiger partial charge in [-0.3, -0.25) is 4.79 Å². The standard InChI is InChI=1S/C20H22O5/c1-4-7-20-9-15(23-3)18(21)17(19(20)22)16(11(20)2)12-5-6-13-14(8-12)25-10-24-13/h4-6,8-9,11,16-18,21H,1,7,10H2,2-3H3/t11-,16+,17-,18-,20-/m1/s1. The topological polar surface area (TPSA) is 65.0 Å². The average molecular weight is 342 g/mol. The summed E-state index contributed by atoms with van der Waals surface area (Å²) in [5.41, 5.74) is 0.295. The predicted molar refractivity (Wildman–Crippen MR) is 91.3 cm³/mol. The predicted octanol–water partition coefficient (Wildman–Crippen LogP) is 2.80. The van der Waals surface area contributed by atoms with E-state index in [0.717, 1.165) is 5.56 Å². The molecule has 0 aromatic heterocycles. The van der Waals surface area contributed by atoms with Gasteiger partial charge in [-0.1, -0.05) is 19.1 Å². The molecule has 1 aliphatic heterocycles. The van der Waals surface area contributed by atoms with Gasteiger partial charge >= 0.3 is 0 Å². The number of ether oxygens (including phenoxy) is 3. The van der Waals surface area contributed by atoms with E-state index in [1.165, 1.54) is 7.11 Å². The molecule has 1 fully saturated rings. The Kier molecular flexibility index (Phi) is 3.65. The molecular formula is C20H22O5. The average Bonchev–Trinajstić information content (AvgIpc) is 3.13. The molecular weight excluding hydrogens is 320 g/mol. The summed E-state index contributed by atoms with van der Waals surface area (Å²) in [7, 11) is 1.53. The van der Waals surface area contributed by atoms with Crippen molar-refractivity contribution in [3.8, 4) is 11.5 Å². The van der Waals surface area contributed by atoms with Crippen molar-refractivity contribution >= 4 is 5.78 Å². The molecule has 5 nitrogen and oxygen atoms in total. The molecule has 2 bridgehead atoms. The summed E-state index contributed by atoms with van der Waals surface area (Å²) in [6, 6.07) is 5.76. The van der Waals surface area contributed by atoms with Gasteiger partial charge < -0.3 is 19.3 Å². The van der Waals surface area contributed by atoms with Gasteiger partial charge in [0.1, 0.15) is 17.6 Å². The Labute approximate surface area is 146 Å². The first-order valence-electron chi connectivity index (χ1n) is 8.53. The number of methoxy groups -OCH3 is 1. The highest BCUT2D eigenvalue weighted by molar-refractivity contribution is 5.95. The largest absolute Gasteiger partial charge is 0.499 e. The smallest absolute Gasteiger partial charge is 0.231 e. The number of aliphatic hydroxyl groups is 1. The molecule has 0 amide bonds. The number of carbonyl (C=O) groups is 1. The van der Waals surface area contributed by atoms with Crippen molar-refractivity contribution in [1.29, 1.82) is 0 Å². The lowest BCUT2D eigenvalue weighted by Gasteiger charge is -2.33. The van der Waals surface area contributed by atoms with Gasteiger partial charge in [0.15, 0.2) is 11.5 Å². The summed E-state index contributed by atoms with van der Waals surface area (Å²) in [6.07, 6.45) is 3.19. The van der Waals surface area contributed by atoms with E-state index in [4.69, 9.17) is 14.2 Å². The van der Waals surface area contributed by atoms with Crippen molar-refractivity contribution < 1.29 is 24.1 Å². The van der Waals surface area contributed by atoms with Crippen LogP contribution in [-0.4, -0.2) is 30.9 Å². The van der Waals surface area contributed by atoms with Crippen molar-refractivity contribution in [3.63, 3.8) is 0 Å². The Bertz CT molecular complexity index is 767. The number of hydrogen-bond donors (Lipinski definition) is 1. The molecule has 1 N–H and O–H groups in total. The van der Waals surface area contributed by atoms with Crippen molar-refractivity contribution in [2.75, 3.05) is 13.9 Å². The number of rotatable bonds is 4. The van der Waals surface area contributed by atoms with Crippen molar-refractivity contribution in [2.24, 2.45) is 17.3 Å². The summed E-state index contributed by atoms with van der Waals surface area (Å²) in [6.45, 7) is 6.10. The van der Waals surface area contributed by atoms with E-state index in [9.17, 15) is 9.90 Å². The van der Waals surface area contributed by atoms with Gasteiger partial charge in [0, 0.05) is 5.92 Å². The number of aliphatic hydroxyl groups excluding tert-OH is 1. The first kappa shape index (κ1) is 16.2. The molecule has 3 aliphatic rings. The van der Waals surface area contributed by atoms with Gasteiger partial charge in [0.25, 0.3) is 0 Å². The Morgan fingerprint density at radius 1 is 1.36 bits per heavy atom. The SMILES string of the molecule is C=CC[C@]12C=C(OC)[C@@H](O)[C@H](C1=O)[C@H](c1ccc3c(c1)OCO3)[C@H]2C. The number of hydrogen-bond acceptors (Lipinski definition) is 5. The minimum absolute atomic E-state index is 0.00525. The summed E-state index contributed by atoms with van der Waals surface area (Å²) in [5.74, 6) is 1.28. The van der Waals surface area contributed by atoms with Crippen molar-refractivity contribution in [3.05, 3.63) is 48.3 Å². The molecule has 0 radical (unpaired) electrons. The van der Waals surface area contributed by atoms with Crippen LogP contribution in [0.4, 0.5) is 0 Å². The van der Waals surface area contributed by atoms with Crippen LogP contribution in [0.25, 0.3) is 0 Å². The highest BCUT2D eigenvalue weighted by atomic mass is 16.7. The van der Waals surface area contributed by atoms with E-state index >= 15 is 0 Å². The van der Waals surface area contributed by atoms with Crippen molar-refractivity contribution in [2.45, 2.75) is 25.4 Å². The normalized spacial score (nSPS) is 35.5. The van der Waals surface area contributed by atoms with Crippen LogP contribution < -0.4 is 9.47 Å². The first-order chi connectivity index (χ1) is 12.0. The maximum Gasteiger partial charge on any atom is 0.231 e. The summed E-state index contributed by atoms with van der Waals surface area (Å²) in [4.78, 5) is 13.2. The molecule has 132 valence electrons. The molecule has 1 saturated carbocycles. The fourth-order valence-electron chi connectivity index (χ4n) is 4.77. The third-order valence-corrected chi connectivity index (χ3v) is 6.03. The lowest BCUT2D eigenvalue weighted by molar-refractivity contribution is -0.132. The van der Waals surface area contributed by atoms with Gasteiger partial charge in [0.2, 0.25) is 6.79 Å². The Morgan fingerprint density at radius 3 is 2.84 bits per heavy atom. The zero-order chi connectivity index (χ0) is 17.8. The molecule has 4 rings (SSSR count). The third kappa shape index (κ3) is 2.08. The number of benzene rings is 1. The molecule has 0 spiro atoms. The van der Waals surface area contributed by atoms with E-state index < -0.39 is 17.4 Å². The fourth-order valence-corrected chi connectivity index (χ4v) is 4.77. The third-order valence-electron chi connectivity index (χ3n) is 6.03. The summed E-state index contributed by atoms with van der Waals surface area (Å²) in [5, 5.41) is 10.8. The van der Waals surface area contributed by atoms with Gasteiger partial charge in [-0.05, 0) is 36.1 Å². The second-order valence-corrected chi connectivity index (χ2v) is 7.05. The van der Waals surface area contributed by atoms with E-state index in [2.05, 4.69) is 13.5 Å². The second-order valence-electron chi connectivity index (χ2n) is 7.05. The van der Waals surface area contributed by atoms with E-state index in [1.807, 2.05) is 24.3 Å². The Hall–Kier alpha value is -2.27. The number of ketones is 1. The molecule has 1 aromatic rings. The lowest BCUT2D eigenvalue weighted by atomic mass is 9.71. The van der Waals surface area contributed by atoms with Crippen LogP contribution in [0.5, 0.6) is 11.5 Å². The van der Waals surface area contributed by atoms with Crippen LogP contribution in [-0.2, 0) is 9.53 Å². The van der Waals surface area contributed by atoms with Crippen LogP contribution in [0.3, 0.4) is 0 Å². The maximum absolute atomic E-state index is 13.2. The minimum Gasteiger partial charge on any atom is -0.499 e. The number of Topliss-reactive ketones (excluding diaryl/α,β-unsaturated/α-hetero) is 1.